The number of aromatic nitrogens is 2. The molecule has 6 nitrogen and oxygen atoms in total. The van der Waals surface area contributed by atoms with E-state index < -0.39 is 9.84 Å². The number of nitrogens with zero attached hydrogens (tertiary/aromatic N) is 2. The minimum atomic E-state index is -3.33. The Labute approximate surface area is 112 Å². The summed E-state index contributed by atoms with van der Waals surface area (Å²) in [6, 6.07) is 1.85. The Morgan fingerprint density at radius 3 is 3.00 bits per heavy atom. The van der Waals surface area contributed by atoms with Crippen LogP contribution in [0.25, 0.3) is 0 Å². The largest absolute Gasteiger partial charge is 0.309 e. The zero-order chi connectivity index (χ0) is 13.9. The smallest absolute Gasteiger partial charge is 0.226 e. The summed E-state index contributed by atoms with van der Waals surface area (Å²) in [5.41, 5.74) is 1.11. The van der Waals surface area contributed by atoms with E-state index in [1.165, 1.54) is 0 Å². The highest BCUT2D eigenvalue weighted by Crippen LogP contribution is 2.17. The van der Waals surface area contributed by atoms with Crippen molar-refractivity contribution in [3.8, 4) is 0 Å². The number of rotatable bonds is 5. The van der Waals surface area contributed by atoms with E-state index in [-0.39, 0.29) is 18.1 Å². The fourth-order valence-electron chi connectivity index (χ4n) is 2.00. The summed E-state index contributed by atoms with van der Waals surface area (Å²) in [7, 11) is -3.33. The maximum Gasteiger partial charge on any atom is 0.226 e. The van der Waals surface area contributed by atoms with Crippen molar-refractivity contribution in [1.82, 2.24) is 9.78 Å². The van der Waals surface area contributed by atoms with Crippen molar-refractivity contribution in [3.63, 3.8) is 0 Å². The van der Waals surface area contributed by atoms with Gasteiger partial charge in [-0.3, -0.25) is 9.48 Å². The van der Waals surface area contributed by atoms with Crippen molar-refractivity contribution >= 4 is 21.6 Å². The zero-order valence-corrected chi connectivity index (χ0v) is 11.4. The van der Waals surface area contributed by atoms with Gasteiger partial charge in [0.15, 0.2) is 15.7 Å². The monoisotopic (exact) mass is 283 g/mol. The first kappa shape index (κ1) is 13.8. The van der Waals surface area contributed by atoms with Crippen LogP contribution in [0.4, 0.5) is 5.82 Å². The Balaban J connectivity index is 1.92. The molecule has 19 heavy (non-hydrogen) atoms. The van der Waals surface area contributed by atoms with E-state index in [4.69, 9.17) is 0 Å². The summed E-state index contributed by atoms with van der Waals surface area (Å²) in [6.07, 6.45) is 3.11. The third-order valence-electron chi connectivity index (χ3n) is 3.05. The van der Waals surface area contributed by atoms with Crippen LogP contribution in [0, 0.1) is 0 Å². The molecule has 0 aromatic carbocycles. The molecule has 0 spiro atoms. The average Bonchev–Trinajstić information content (AvgIpc) is 2.78. The lowest BCUT2D eigenvalue weighted by Crippen LogP contribution is -2.16. The quantitative estimate of drug-likeness (QED) is 0.877. The molecule has 1 aliphatic heterocycles. The molecule has 1 aromatic rings. The number of anilines is 1. The molecule has 7 heteroatoms. The number of hydrogen-bond donors (Lipinski definition) is 1. The number of nitrogens with one attached hydrogen (secondary N) is 1. The molecule has 1 aromatic heterocycles. The molecular formula is C12H17N3O3S. The Morgan fingerprint density at radius 1 is 1.53 bits per heavy atom. The Hall–Kier alpha value is -1.63. The van der Waals surface area contributed by atoms with Gasteiger partial charge in [0.05, 0.1) is 5.75 Å². The third kappa shape index (κ3) is 3.66. The number of aryl methyl sites for hydroxylation is 2. The Kier molecular flexibility index (Phi) is 4.04. The van der Waals surface area contributed by atoms with Gasteiger partial charge in [0.1, 0.15) is 0 Å². The van der Waals surface area contributed by atoms with Gasteiger partial charge in [0, 0.05) is 30.1 Å². The second-order valence-corrected chi connectivity index (χ2v) is 6.60. The van der Waals surface area contributed by atoms with Crippen molar-refractivity contribution in [2.75, 3.05) is 11.1 Å². The number of carbonyl (C=O) groups excluding carboxylic acids is 1. The van der Waals surface area contributed by atoms with Crippen LogP contribution in [-0.4, -0.2) is 29.9 Å². The molecule has 2 heterocycles. The lowest BCUT2D eigenvalue weighted by Gasteiger charge is -2.11. The molecule has 1 N–H and O–H groups in total. The maximum absolute atomic E-state index is 11.6. The van der Waals surface area contributed by atoms with Crippen LogP contribution >= 0.6 is 0 Å². The molecule has 0 atom stereocenters. The molecule has 0 saturated heterocycles. The van der Waals surface area contributed by atoms with Crippen LogP contribution in [0.15, 0.2) is 18.1 Å². The summed E-state index contributed by atoms with van der Waals surface area (Å²) in [6.45, 7) is 4.07. The minimum Gasteiger partial charge on any atom is -0.309 e. The first-order valence-electron chi connectivity index (χ1n) is 6.22. The second-order valence-electron chi connectivity index (χ2n) is 4.53. The number of carbonyl (C=O) groups is 1. The van der Waals surface area contributed by atoms with E-state index in [1.54, 1.807) is 0 Å². The highest BCUT2D eigenvalue weighted by atomic mass is 32.2. The van der Waals surface area contributed by atoms with Gasteiger partial charge in [0.25, 0.3) is 0 Å². The van der Waals surface area contributed by atoms with Crippen LogP contribution < -0.4 is 5.32 Å². The number of amides is 1. The SMILES string of the molecule is C=CS(=O)(=O)CCC(=O)Nc1cc2n(n1)CCCC2. The minimum absolute atomic E-state index is 0.0868. The fraction of sp³-hybridized carbons (Fsp3) is 0.500. The average molecular weight is 283 g/mol. The second kappa shape index (κ2) is 5.56. The molecule has 0 bridgehead atoms. The van der Waals surface area contributed by atoms with Gasteiger partial charge in [-0.15, -0.1) is 0 Å². The van der Waals surface area contributed by atoms with Crippen LogP contribution in [-0.2, 0) is 27.6 Å². The number of fused-ring (bicyclic) bond motifs is 1. The topological polar surface area (TPSA) is 81.1 Å². The van der Waals surface area contributed by atoms with Gasteiger partial charge in [-0.1, -0.05) is 6.58 Å². The van der Waals surface area contributed by atoms with Crippen molar-refractivity contribution in [2.45, 2.75) is 32.2 Å². The van der Waals surface area contributed by atoms with Crippen LogP contribution in [0.5, 0.6) is 0 Å². The van der Waals surface area contributed by atoms with E-state index in [2.05, 4.69) is 17.0 Å². The van der Waals surface area contributed by atoms with Gasteiger partial charge in [-0.2, -0.15) is 5.10 Å². The lowest BCUT2D eigenvalue weighted by molar-refractivity contribution is -0.115. The predicted molar refractivity (Wildman–Crippen MR) is 72.4 cm³/mol. The Bertz CT molecular complexity index is 566. The first-order valence-corrected chi connectivity index (χ1v) is 7.93. The summed E-state index contributed by atoms with van der Waals surface area (Å²) >= 11 is 0. The molecule has 0 aliphatic carbocycles. The molecule has 0 unspecified atom stereocenters. The van der Waals surface area contributed by atoms with E-state index in [9.17, 15) is 13.2 Å². The predicted octanol–water partition coefficient (Wildman–Crippen LogP) is 1.11. The normalized spacial score (nSPS) is 14.7. The third-order valence-corrected chi connectivity index (χ3v) is 4.33. The molecular weight excluding hydrogens is 266 g/mol. The van der Waals surface area contributed by atoms with Gasteiger partial charge < -0.3 is 5.32 Å². The summed E-state index contributed by atoms with van der Waals surface area (Å²) in [5.74, 6) is -0.0746. The first-order chi connectivity index (χ1) is 9.00. The summed E-state index contributed by atoms with van der Waals surface area (Å²) in [4.78, 5) is 11.6. The van der Waals surface area contributed by atoms with Crippen molar-refractivity contribution in [3.05, 3.63) is 23.7 Å². The summed E-state index contributed by atoms with van der Waals surface area (Å²) < 4.78 is 24.3. The molecule has 1 aliphatic rings. The van der Waals surface area contributed by atoms with Crippen LogP contribution in [0.3, 0.4) is 0 Å². The highest BCUT2D eigenvalue weighted by Gasteiger charge is 2.14. The van der Waals surface area contributed by atoms with Gasteiger partial charge in [0.2, 0.25) is 5.91 Å². The molecule has 2 rings (SSSR count). The Morgan fingerprint density at radius 2 is 2.32 bits per heavy atom. The summed E-state index contributed by atoms with van der Waals surface area (Å²) in [5, 5.41) is 7.77. The van der Waals surface area contributed by atoms with Crippen LogP contribution in [0.2, 0.25) is 0 Å². The van der Waals surface area contributed by atoms with E-state index >= 15 is 0 Å². The molecule has 1 amide bonds. The van der Waals surface area contributed by atoms with Crippen LogP contribution in [0.1, 0.15) is 25.0 Å². The van der Waals surface area contributed by atoms with Crippen molar-refractivity contribution < 1.29 is 13.2 Å². The molecule has 0 fully saturated rings. The van der Waals surface area contributed by atoms with E-state index in [1.807, 2.05) is 10.7 Å². The zero-order valence-electron chi connectivity index (χ0n) is 10.6. The molecule has 104 valence electrons. The van der Waals surface area contributed by atoms with Crippen molar-refractivity contribution in [2.24, 2.45) is 0 Å². The molecule has 0 saturated carbocycles. The standard InChI is InChI=1S/C12H17N3O3S/c1-2-19(17,18)8-6-12(16)13-11-9-10-5-3-4-7-15(10)14-11/h2,9H,1,3-8H2,(H,13,14,16). The molecule has 0 radical (unpaired) electrons. The van der Waals surface area contributed by atoms with Crippen molar-refractivity contribution in [1.29, 1.82) is 0 Å². The van der Waals surface area contributed by atoms with Gasteiger partial charge >= 0.3 is 0 Å². The maximum atomic E-state index is 11.6. The fourth-order valence-corrected chi connectivity index (χ4v) is 2.64. The van der Waals surface area contributed by atoms with Gasteiger partial charge in [-0.05, 0) is 19.3 Å². The highest BCUT2D eigenvalue weighted by molar-refractivity contribution is 7.94. The number of sulfone groups is 1. The number of hydrogen-bond acceptors (Lipinski definition) is 4. The van der Waals surface area contributed by atoms with E-state index in [0.717, 1.165) is 36.9 Å². The van der Waals surface area contributed by atoms with Gasteiger partial charge in [-0.25, -0.2) is 8.42 Å². The van der Waals surface area contributed by atoms with E-state index in [0.29, 0.717) is 5.82 Å². The lowest BCUT2D eigenvalue weighted by atomic mass is 10.1.